The number of nitrogens with one attached hydrogen (secondary N) is 1. The van der Waals surface area contributed by atoms with Gasteiger partial charge >= 0.3 is 0 Å². The molecule has 2 aromatic rings. The van der Waals surface area contributed by atoms with Crippen molar-refractivity contribution in [3.8, 4) is 5.75 Å². The summed E-state index contributed by atoms with van der Waals surface area (Å²) in [6.45, 7) is 0.363. The van der Waals surface area contributed by atoms with E-state index in [1.807, 2.05) is 0 Å². The molecule has 0 aliphatic heterocycles. The van der Waals surface area contributed by atoms with Crippen LogP contribution in [-0.2, 0) is 6.54 Å². The third-order valence-corrected chi connectivity index (χ3v) is 2.77. The maximum Gasteiger partial charge on any atom is 0.271 e. The highest BCUT2D eigenvalue weighted by atomic mass is 19.1. The van der Waals surface area contributed by atoms with Crippen molar-refractivity contribution in [2.24, 2.45) is 0 Å². The van der Waals surface area contributed by atoms with Crippen LogP contribution in [0.4, 0.5) is 15.8 Å². The van der Waals surface area contributed by atoms with Crippen molar-refractivity contribution in [3.63, 3.8) is 0 Å². The molecule has 0 spiro atoms. The van der Waals surface area contributed by atoms with Gasteiger partial charge in [0.1, 0.15) is 0 Å². The molecule has 0 radical (unpaired) electrons. The molecule has 0 saturated carbocycles. The van der Waals surface area contributed by atoms with Gasteiger partial charge in [-0.15, -0.1) is 0 Å². The van der Waals surface area contributed by atoms with Crippen molar-refractivity contribution < 1.29 is 14.1 Å². The van der Waals surface area contributed by atoms with E-state index < -0.39 is 10.7 Å². The number of nitro benzene ring substituents is 1. The summed E-state index contributed by atoms with van der Waals surface area (Å²) in [4.78, 5) is 10.2. The molecule has 0 atom stereocenters. The van der Waals surface area contributed by atoms with E-state index in [2.05, 4.69) is 5.32 Å². The van der Waals surface area contributed by atoms with Crippen LogP contribution in [0.2, 0.25) is 0 Å². The summed E-state index contributed by atoms with van der Waals surface area (Å²) >= 11 is 0. The second-order valence-corrected chi connectivity index (χ2v) is 4.13. The van der Waals surface area contributed by atoms with E-state index in [0.29, 0.717) is 12.2 Å². The summed E-state index contributed by atoms with van der Waals surface area (Å²) < 4.78 is 18.3. The minimum Gasteiger partial charge on any atom is -0.494 e. The van der Waals surface area contributed by atoms with Crippen LogP contribution < -0.4 is 10.1 Å². The number of benzene rings is 2. The highest BCUT2D eigenvalue weighted by molar-refractivity contribution is 5.51. The van der Waals surface area contributed by atoms with Gasteiger partial charge < -0.3 is 10.1 Å². The lowest BCUT2D eigenvalue weighted by molar-refractivity contribution is -0.384. The lowest BCUT2D eigenvalue weighted by Crippen LogP contribution is -2.01. The molecule has 20 heavy (non-hydrogen) atoms. The van der Waals surface area contributed by atoms with Crippen LogP contribution in [0.15, 0.2) is 42.5 Å². The minimum absolute atomic E-state index is 0.0101. The molecule has 0 aliphatic rings. The van der Waals surface area contributed by atoms with Crippen LogP contribution in [-0.4, -0.2) is 12.0 Å². The number of anilines is 1. The third-order valence-electron chi connectivity index (χ3n) is 2.77. The number of ether oxygens (including phenoxy) is 1. The van der Waals surface area contributed by atoms with Gasteiger partial charge in [0.2, 0.25) is 0 Å². The van der Waals surface area contributed by atoms with Crippen molar-refractivity contribution >= 4 is 11.4 Å². The van der Waals surface area contributed by atoms with Crippen molar-refractivity contribution in [2.75, 3.05) is 12.4 Å². The zero-order chi connectivity index (χ0) is 14.5. The van der Waals surface area contributed by atoms with E-state index in [-0.39, 0.29) is 11.4 Å². The van der Waals surface area contributed by atoms with Crippen molar-refractivity contribution in [2.45, 2.75) is 6.54 Å². The molecular formula is C14H13FN2O3. The Kier molecular flexibility index (Phi) is 4.14. The molecule has 0 fully saturated rings. The number of nitro groups is 1. The molecular weight excluding hydrogens is 263 g/mol. The monoisotopic (exact) mass is 276 g/mol. The molecule has 0 bridgehead atoms. The Balaban J connectivity index is 2.07. The molecule has 0 saturated heterocycles. The van der Waals surface area contributed by atoms with Crippen molar-refractivity contribution in [1.29, 1.82) is 0 Å². The lowest BCUT2D eigenvalue weighted by atomic mass is 10.2. The van der Waals surface area contributed by atoms with Crippen LogP contribution >= 0.6 is 0 Å². The fourth-order valence-corrected chi connectivity index (χ4v) is 1.75. The Morgan fingerprint density at radius 2 is 2.10 bits per heavy atom. The van der Waals surface area contributed by atoms with Crippen LogP contribution in [0.25, 0.3) is 0 Å². The standard InChI is InChI=1S/C14H13FN2O3/c1-20-14-6-5-10(7-13(14)15)9-16-11-3-2-4-12(8-11)17(18)19/h2-8,16H,9H2,1H3. The molecule has 0 aromatic heterocycles. The van der Waals surface area contributed by atoms with E-state index in [0.717, 1.165) is 5.56 Å². The first kappa shape index (κ1) is 13.8. The van der Waals surface area contributed by atoms with Gasteiger partial charge in [-0.25, -0.2) is 4.39 Å². The number of methoxy groups -OCH3 is 1. The molecule has 0 heterocycles. The lowest BCUT2D eigenvalue weighted by Gasteiger charge is -2.08. The van der Waals surface area contributed by atoms with Crippen molar-refractivity contribution in [1.82, 2.24) is 0 Å². The molecule has 104 valence electrons. The molecule has 6 heteroatoms. The first-order chi connectivity index (χ1) is 9.60. The molecule has 0 amide bonds. The number of halogens is 1. The Morgan fingerprint density at radius 1 is 1.30 bits per heavy atom. The van der Waals surface area contributed by atoms with E-state index in [4.69, 9.17) is 4.74 Å². The average Bonchev–Trinajstić information content (AvgIpc) is 2.45. The molecule has 2 aromatic carbocycles. The summed E-state index contributed by atoms with van der Waals surface area (Å²) in [5.41, 5.74) is 1.33. The summed E-state index contributed by atoms with van der Waals surface area (Å²) in [5, 5.41) is 13.7. The van der Waals surface area contributed by atoms with E-state index in [1.165, 1.54) is 25.3 Å². The second kappa shape index (κ2) is 6.01. The van der Waals surface area contributed by atoms with Gasteiger partial charge in [-0.05, 0) is 23.8 Å². The smallest absolute Gasteiger partial charge is 0.271 e. The molecule has 2 rings (SSSR count). The molecule has 1 N–H and O–H groups in total. The van der Waals surface area contributed by atoms with Gasteiger partial charge in [-0.3, -0.25) is 10.1 Å². The zero-order valence-corrected chi connectivity index (χ0v) is 10.8. The number of non-ortho nitro benzene ring substituents is 1. The maximum atomic E-state index is 13.5. The summed E-state index contributed by atoms with van der Waals surface area (Å²) in [6.07, 6.45) is 0. The van der Waals surface area contributed by atoms with Crippen LogP contribution in [0.5, 0.6) is 5.75 Å². The number of hydrogen-bond acceptors (Lipinski definition) is 4. The summed E-state index contributed by atoms with van der Waals surface area (Å²) in [5.74, 6) is -0.255. The minimum atomic E-state index is -0.460. The third kappa shape index (κ3) is 3.23. The molecule has 0 aliphatic carbocycles. The Labute approximate surface area is 115 Å². The fraction of sp³-hybridized carbons (Fsp3) is 0.143. The van der Waals surface area contributed by atoms with Crippen LogP contribution in [0.1, 0.15) is 5.56 Å². The normalized spacial score (nSPS) is 10.1. The Morgan fingerprint density at radius 3 is 2.75 bits per heavy atom. The highest BCUT2D eigenvalue weighted by Gasteiger charge is 2.06. The molecule has 5 nitrogen and oxygen atoms in total. The zero-order valence-electron chi connectivity index (χ0n) is 10.8. The predicted octanol–water partition coefficient (Wildman–Crippen LogP) is 3.35. The average molecular weight is 276 g/mol. The van der Waals surface area contributed by atoms with Crippen molar-refractivity contribution in [3.05, 3.63) is 64.0 Å². The van der Waals surface area contributed by atoms with Gasteiger partial charge in [0.15, 0.2) is 11.6 Å². The van der Waals surface area contributed by atoms with Gasteiger partial charge in [0.25, 0.3) is 5.69 Å². The number of nitrogens with zero attached hydrogens (tertiary/aromatic N) is 1. The van der Waals surface area contributed by atoms with Crippen LogP contribution in [0.3, 0.4) is 0 Å². The van der Waals surface area contributed by atoms with Crippen LogP contribution in [0, 0.1) is 15.9 Å². The first-order valence-electron chi connectivity index (χ1n) is 5.91. The Hall–Kier alpha value is -2.63. The topological polar surface area (TPSA) is 64.4 Å². The predicted molar refractivity (Wildman–Crippen MR) is 73.4 cm³/mol. The number of hydrogen-bond donors (Lipinski definition) is 1. The summed E-state index contributed by atoms with van der Waals surface area (Å²) in [6, 6.07) is 10.8. The Bertz CT molecular complexity index is 632. The van der Waals surface area contributed by atoms with Gasteiger partial charge in [-0.2, -0.15) is 0 Å². The SMILES string of the molecule is COc1ccc(CNc2cccc([N+](=O)[O-])c2)cc1F. The fourth-order valence-electron chi connectivity index (χ4n) is 1.75. The summed E-state index contributed by atoms with van der Waals surface area (Å²) in [7, 11) is 1.40. The van der Waals surface area contributed by atoms with Gasteiger partial charge in [0.05, 0.1) is 12.0 Å². The maximum absolute atomic E-state index is 13.5. The first-order valence-corrected chi connectivity index (χ1v) is 5.91. The number of rotatable bonds is 5. The van der Waals surface area contributed by atoms with Gasteiger partial charge in [-0.1, -0.05) is 12.1 Å². The van der Waals surface area contributed by atoms with E-state index in [1.54, 1.807) is 24.3 Å². The molecule has 0 unspecified atom stereocenters. The largest absolute Gasteiger partial charge is 0.494 e. The highest BCUT2D eigenvalue weighted by Crippen LogP contribution is 2.20. The second-order valence-electron chi connectivity index (χ2n) is 4.13. The van der Waals surface area contributed by atoms with E-state index >= 15 is 0 Å². The van der Waals surface area contributed by atoms with Gasteiger partial charge in [0, 0.05) is 24.4 Å². The quantitative estimate of drug-likeness (QED) is 0.671. The van der Waals surface area contributed by atoms with E-state index in [9.17, 15) is 14.5 Å².